The van der Waals surface area contributed by atoms with Crippen LogP contribution in [0.2, 0.25) is 0 Å². The largest absolute Gasteiger partial charge is 0.394 e. The van der Waals surface area contributed by atoms with E-state index in [2.05, 4.69) is 35.2 Å². The third-order valence-electron chi connectivity index (χ3n) is 4.28. The maximum atomic E-state index is 10.3. The first kappa shape index (κ1) is 20.3. The van der Waals surface area contributed by atoms with Crippen molar-refractivity contribution in [2.24, 2.45) is 0 Å². The standard InChI is InChI=1S/C18H21IO6S/c19-7-6-12(10-26)18-23-14-9-22-17(11-4-2-1-3-5-11)25-16(14)15(24-18)13(21)8-20/h1-7,10,13-18,20-21,26H,8-9H2/b7-6-,12-10+/t13-,14+,15-,16-,17?,18?/m1/s1. The maximum Gasteiger partial charge on any atom is 0.185 e. The Morgan fingerprint density at radius 3 is 2.69 bits per heavy atom. The zero-order chi connectivity index (χ0) is 18.5. The molecule has 0 amide bonds. The Hall–Kier alpha value is -0.460. The number of fused-ring (bicyclic) bond motifs is 1. The number of halogens is 1. The Morgan fingerprint density at radius 2 is 2.04 bits per heavy atom. The minimum atomic E-state index is -1.10. The summed E-state index contributed by atoms with van der Waals surface area (Å²) >= 11 is 6.28. The van der Waals surface area contributed by atoms with Crippen molar-refractivity contribution in [3.8, 4) is 0 Å². The van der Waals surface area contributed by atoms with Gasteiger partial charge < -0.3 is 29.2 Å². The molecule has 0 saturated carbocycles. The van der Waals surface area contributed by atoms with Crippen LogP contribution in [0.3, 0.4) is 0 Å². The van der Waals surface area contributed by atoms with Gasteiger partial charge in [-0.25, -0.2) is 0 Å². The minimum Gasteiger partial charge on any atom is -0.394 e. The SMILES string of the molecule is OC[C@@H](O)[C@H]1OC(C(/C=C\I)=C/S)O[C@H]2COC(c3ccccc3)O[C@@H]12. The summed E-state index contributed by atoms with van der Waals surface area (Å²) in [4.78, 5) is 0. The van der Waals surface area contributed by atoms with Gasteiger partial charge >= 0.3 is 0 Å². The smallest absolute Gasteiger partial charge is 0.185 e. The molecule has 6 atom stereocenters. The van der Waals surface area contributed by atoms with Crippen molar-refractivity contribution in [1.82, 2.24) is 0 Å². The summed E-state index contributed by atoms with van der Waals surface area (Å²) in [5, 5.41) is 21.3. The van der Waals surface area contributed by atoms with Crippen molar-refractivity contribution < 1.29 is 29.2 Å². The number of thiol groups is 1. The van der Waals surface area contributed by atoms with Crippen molar-refractivity contribution >= 4 is 35.2 Å². The fraction of sp³-hybridized carbons (Fsp3) is 0.444. The minimum absolute atomic E-state index is 0.284. The van der Waals surface area contributed by atoms with E-state index in [1.807, 2.05) is 34.4 Å². The van der Waals surface area contributed by atoms with Crippen LogP contribution < -0.4 is 0 Å². The molecule has 0 radical (unpaired) electrons. The number of aliphatic hydroxyl groups excluding tert-OH is 2. The molecular weight excluding hydrogens is 471 g/mol. The molecule has 3 rings (SSSR count). The Labute approximate surface area is 171 Å². The summed E-state index contributed by atoms with van der Waals surface area (Å²) in [6, 6.07) is 9.53. The lowest BCUT2D eigenvalue weighted by Crippen LogP contribution is -2.60. The van der Waals surface area contributed by atoms with Gasteiger partial charge in [-0.2, -0.15) is 12.6 Å². The normalized spacial score (nSPS) is 33.8. The molecule has 2 saturated heterocycles. The summed E-state index contributed by atoms with van der Waals surface area (Å²) < 4.78 is 25.5. The molecule has 0 aromatic heterocycles. The molecule has 2 unspecified atom stereocenters. The highest BCUT2D eigenvalue weighted by atomic mass is 127. The van der Waals surface area contributed by atoms with Crippen LogP contribution in [0.15, 0.2) is 51.5 Å². The fourth-order valence-corrected chi connectivity index (χ4v) is 3.60. The van der Waals surface area contributed by atoms with E-state index in [1.165, 1.54) is 0 Å². The molecule has 1 aromatic carbocycles. The van der Waals surface area contributed by atoms with Gasteiger partial charge in [0, 0.05) is 11.1 Å². The number of aliphatic hydroxyl groups is 2. The molecule has 2 fully saturated rings. The summed E-state index contributed by atoms with van der Waals surface area (Å²) in [5.74, 6) is 0. The molecule has 2 N–H and O–H groups in total. The molecule has 1 aromatic rings. The Balaban J connectivity index is 1.81. The van der Waals surface area contributed by atoms with E-state index in [0.717, 1.165) is 5.56 Å². The van der Waals surface area contributed by atoms with E-state index in [0.29, 0.717) is 5.57 Å². The first-order valence-corrected chi connectivity index (χ1v) is 9.97. The third-order valence-corrected chi connectivity index (χ3v) is 4.93. The number of hydrogen-bond acceptors (Lipinski definition) is 7. The molecular formula is C18H21IO6S. The van der Waals surface area contributed by atoms with Crippen molar-refractivity contribution in [2.75, 3.05) is 13.2 Å². The molecule has 2 aliphatic rings. The van der Waals surface area contributed by atoms with Gasteiger partial charge in [0.05, 0.1) is 13.2 Å². The van der Waals surface area contributed by atoms with Gasteiger partial charge in [0.2, 0.25) is 0 Å². The highest BCUT2D eigenvalue weighted by Gasteiger charge is 2.48. The van der Waals surface area contributed by atoms with Crippen LogP contribution in [-0.4, -0.2) is 54.1 Å². The zero-order valence-electron chi connectivity index (χ0n) is 13.8. The lowest BCUT2D eigenvalue weighted by atomic mass is 9.99. The first-order chi connectivity index (χ1) is 12.7. The molecule has 0 aliphatic carbocycles. The summed E-state index contributed by atoms with van der Waals surface area (Å²) in [6.07, 6.45) is -2.38. The predicted octanol–water partition coefficient (Wildman–Crippen LogP) is 2.33. The number of rotatable bonds is 5. The molecule has 0 bridgehead atoms. The summed E-state index contributed by atoms with van der Waals surface area (Å²) in [6.45, 7) is -0.157. The monoisotopic (exact) mass is 492 g/mol. The van der Waals surface area contributed by atoms with E-state index < -0.39 is 43.6 Å². The van der Waals surface area contributed by atoms with Gasteiger partial charge in [0.15, 0.2) is 12.6 Å². The van der Waals surface area contributed by atoms with Gasteiger partial charge in [-0.05, 0) is 15.6 Å². The van der Waals surface area contributed by atoms with Crippen molar-refractivity contribution in [1.29, 1.82) is 0 Å². The number of hydrogen-bond donors (Lipinski definition) is 3. The summed E-state index contributed by atoms with van der Waals surface area (Å²) in [5.41, 5.74) is 1.57. The quantitative estimate of drug-likeness (QED) is 0.333. The topological polar surface area (TPSA) is 77.4 Å². The summed E-state index contributed by atoms with van der Waals surface area (Å²) in [7, 11) is 0. The molecule has 0 spiro atoms. The fourth-order valence-electron chi connectivity index (χ4n) is 2.97. The number of benzene rings is 1. The molecule has 8 heteroatoms. The van der Waals surface area contributed by atoms with Crippen LogP contribution >= 0.6 is 35.2 Å². The van der Waals surface area contributed by atoms with Gasteiger partial charge in [-0.3, -0.25) is 0 Å². The number of ether oxygens (including phenoxy) is 4. The predicted molar refractivity (Wildman–Crippen MR) is 107 cm³/mol. The van der Waals surface area contributed by atoms with Crippen LogP contribution in [0, 0.1) is 0 Å². The highest BCUT2D eigenvalue weighted by Crippen LogP contribution is 2.36. The van der Waals surface area contributed by atoms with Crippen LogP contribution in [0.4, 0.5) is 0 Å². The van der Waals surface area contributed by atoms with E-state index in [-0.39, 0.29) is 6.61 Å². The second-order valence-electron chi connectivity index (χ2n) is 5.96. The van der Waals surface area contributed by atoms with Crippen LogP contribution in [-0.2, 0) is 18.9 Å². The molecule has 6 nitrogen and oxygen atoms in total. The van der Waals surface area contributed by atoms with Crippen molar-refractivity contribution in [3.05, 3.63) is 57.0 Å². The Bertz CT molecular complexity index is 640. The second-order valence-corrected chi connectivity index (χ2v) is 6.93. The van der Waals surface area contributed by atoms with E-state index in [4.69, 9.17) is 18.9 Å². The van der Waals surface area contributed by atoms with E-state index in [9.17, 15) is 10.2 Å². The van der Waals surface area contributed by atoms with Crippen molar-refractivity contribution in [2.45, 2.75) is 37.0 Å². The van der Waals surface area contributed by atoms with E-state index in [1.54, 1.807) is 11.5 Å². The van der Waals surface area contributed by atoms with Gasteiger partial charge in [0.1, 0.15) is 24.4 Å². The van der Waals surface area contributed by atoms with Crippen LogP contribution in [0.25, 0.3) is 0 Å². The third kappa shape index (κ3) is 4.50. The van der Waals surface area contributed by atoms with Gasteiger partial charge in [0.25, 0.3) is 0 Å². The molecule has 26 heavy (non-hydrogen) atoms. The zero-order valence-corrected chi connectivity index (χ0v) is 16.9. The second kappa shape index (κ2) is 9.65. The average Bonchev–Trinajstić information content (AvgIpc) is 2.70. The average molecular weight is 492 g/mol. The highest BCUT2D eigenvalue weighted by molar-refractivity contribution is 14.1. The van der Waals surface area contributed by atoms with Crippen LogP contribution in [0.5, 0.6) is 0 Å². The Kier molecular flexibility index (Phi) is 7.53. The molecule has 142 valence electrons. The van der Waals surface area contributed by atoms with Gasteiger partial charge in [-0.1, -0.05) is 52.9 Å². The molecule has 2 heterocycles. The van der Waals surface area contributed by atoms with Crippen molar-refractivity contribution in [3.63, 3.8) is 0 Å². The first-order valence-electron chi connectivity index (χ1n) is 8.20. The van der Waals surface area contributed by atoms with E-state index >= 15 is 0 Å². The van der Waals surface area contributed by atoms with Gasteiger partial charge in [-0.15, -0.1) is 0 Å². The lowest BCUT2D eigenvalue weighted by molar-refractivity contribution is -0.362. The maximum absolute atomic E-state index is 10.3. The lowest BCUT2D eigenvalue weighted by Gasteiger charge is -2.47. The van der Waals surface area contributed by atoms with Crippen LogP contribution in [0.1, 0.15) is 11.9 Å². The molecule has 2 aliphatic heterocycles. The Morgan fingerprint density at radius 1 is 1.27 bits per heavy atom.